The second kappa shape index (κ2) is 4.88. The van der Waals surface area contributed by atoms with Crippen molar-refractivity contribution in [2.75, 3.05) is 0 Å². The van der Waals surface area contributed by atoms with E-state index in [1.54, 1.807) is 18.2 Å². The summed E-state index contributed by atoms with van der Waals surface area (Å²) in [5.41, 5.74) is 3.87. The largest absolute Gasteiger partial charge is 0.478 e. The highest BCUT2D eigenvalue weighted by molar-refractivity contribution is 5.87. The summed E-state index contributed by atoms with van der Waals surface area (Å²) >= 11 is 0. The summed E-state index contributed by atoms with van der Waals surface area (Å²) < 4.78 is 2.15. The molecule has 0 saturated carbocycles. The van der Waals surface area contributed by atoms with Crippen LogP contribution >= 0.6 is 0 Å². The molecule has 0 spiro atoms. The number of fused-ring (bicyclic) bond motifs is 1. The van der Waals surface area contributed by atoms with Crippen LogP contribution in [0.15, 0.2) is 30.6 Å². The minimum Gasteiger partial charge on any atom is -0.478 e. The van der Waals surface area contributed by atoms with E-state index in [1.807, 2.05) is 12.4 Å². The molecule has 0 fully saturated rings. The number of aromatic carboxylic acids is 1. The van der Waals surface area contributed by atoms with Crippen molar-refractivity contribution in [3.05, 3.63) is 53.1 Å². The first-order valence-corrected chi connectivity index (χ1v) is 6.59. The number of hydrogen-bond acceptors (Lipinski definition) is 2. The Morgan fingerprint density at radius 2 is 2.16 bits per heavy atom. The zero-order valence-electron chi connectivity index (χ0n) is 10.7. The third-order valence-corrected chi connectivity index (χ3v) is 3.64. The Labute approximate surface area is 111 Å². The van der Waals surface area contributed by atoms with Gasteiger partial charge in [0.05, 0.1) is 17.6 Å². The van der Waals surface area contributed by atoms with Crippen molar-refractivity contribution in [1.29, 1.82) is 0 Å². The molecule has 2 aromatic rings. The SMILES string of the molecule is O=C(O)c1cccc(Cn2cnc3c2CCCC3)c1. The van der Waals surface area contributed by atoms with Gasteiger partial charge < -0.3 is 9.67 Å². The molecule has 1 aromatic carbocycles. The molecule has 19 heavy (non-hydrogen) atoms. The number of benzene rings is 1. The maximum absolute atomic E-state index is 11.0. The third-order valence-electron chi connectivity index (χ3n) is 3.64. The first-order chi connectivity index (χ1) is 9.24. The molecule has 3 rings (SSSR count). The van der Waals surface area contributed by atoms with Gasteiger partial charge in [-0.3, -0.25) is 0 Å². The monoisotopic (exact) mass is 256 g/mol. The topological polar surface area (TPSA) is 55.1 Å². The number of imidazole rings is 1. The van der Waals surface area contributed by atoms with Gasteiger partial charge in [-0.05, 0) is 43.4 Å². The average molecular weight is 256 g/mol. The van der Waals surface area contributed by atoms with Gasteiger partial charge in [-0.15, -0.1) is 0 Å². The molecule has 1 heterocycles. The summed E-state index contributed by atoms with van der Waals surface area (Å²) in [7, 11) is 0. The number of carboxylic acid groups (broad SMARTS) is 1. The van der Waals surface area contributed by atoms with E-state index >= 15 is 0 Å². The van der Waals surface area contributed by atoms with Gasteiger partial charge in [0.15, 0.2) is 0 Å². The second-order valence-corrected chi connectivity index (χ2v) is 4.98. The fourth-order valence-electron chi connectivity index (χ4n) is 2.67. The van der Waals surface area contributed by atoms with Gasteiger partial charge >= 0.3 is 5.97 Å². The van der Waals surface area contributed by atoms with Crippen molar-refractivity contribution < 1.29 is 9.90 Å². The highest BCUT2D eigenvalue weighted by Crippen LogP contribution is 2.20. The standard InChI is InChI=1S/C15H16N2O2/c18-15(19)12-5-3-4-11(8-12)9-17-10-16-13-6-1-2-7-14(13)17/h3-5,8,10H,1-2,6-7,9H2,(H,18,19). The highest BCUT2D eigenvalue weighted by Gasteiger charge is 2.15. The molecule has 98 valence electrons. The predicted molar refractivity (Wildman–Crippen MR) is 71.4 cm³/mol. The molecule has 0 saturated heterocycles. The number of hydrogen-bond donors (Lipinski definition) is 1. The van der Waals surface area contributed by atoms with Crippen LogP contribution in [0.1, 0.15) is 40.2 Å². The summed E-state index contributed by atoms with van der Waals surface area (Å²) in [4.78, 5) is 15.4. The minimum absolute atomic E-state index is 0.339. The molecule has 1 aliphatic rings. The lowest BCUT2D eigenvalue weighted by molar-refractivity contribution is 0.0696. The molecular formula is C15H16N2O2. The number of carbonyl (C=O) groups is 1. The quantitative estimate of drug-likeness (QED) is 0.918. The van der Waals surface area contributed by atoms with Gasteiger partial charge in [-0.25, -0.2) is 9.78 Å². The number of aromatic nitrogens is 2. The van der Waals surface area contributed by atoms with Crippen molar-refractivity contribution in [2.45, 2.75) is 32.2 Å². The molecular weight excluding hydrogens is 240 g/mol. The van der Waals surface area contributed by atoms with Crippen molar-refractivity contribution >= 4 is 5.97 Å². The van der Waals surface area contributed by atoms with Crippen LogP contribution in [0.25, 0.3) is 0 Å². The fraction of sp³-hybridized carbons (Fsp3) is 0.333. The Kier molecular flexibility index (Phi) is 3.07. The number of rotatable bonds is 3. The molecule has 0 radical (unpaired) electrons. The minimum atomic E-state index is -0.880. The molecule has 0 bridgehead atoms. The summed E-state index contributed by atoms with van der Waals surface area (Å²) in [6.45, 7) is 0.698. The van der Waals surface area contributed by atoms with E-state index in [9.17, 15) is 4.79 Å². The predicted octanol–water partition coefficient (Wildman–Crippen LogP) is 2.51. The second-order valence-electron chi connectivity index (χ2n) is 4.98. The fourth-order valence-corrected chi connectivity index (χ4v) is 2.67. The van der Waals surface area contributed by atoms with E-state index in [-0.39, 0.29) is 0 Å². The van der Waals surface area contributed by atoms with Crippen LogP contribution in [0.2, 0.25) is 0 Å². The molecule has 4 heteroatoms. The van der Waals surface area contributed by atoms with Gasteiger partial charge in [0.1, 0.15) is 0 Å². The van der Waals surface area contributed by atoms with Crippen molar-refractivity contribution in [1.82, 2.24) is 9.55 Å². The van der Waals surface area contributed by atoms with Crippen molar-refractivity contribution in [2.24, 2.45) is 0 Å². The van der Waals surface area contributed by atoms with Crippen molar-refractivity contribution in [3.63, 3.8) is 0 Å². The maximum atomic E-state index is 11.0. The molecule has 1 aromatic heterocycles. The first-order valence-electron chi connectivity index (χ1n) is 6.59. The molecule has 1 N–H and O–H groups in total. The van der Waals surface area contributed by atoms with Gasteiger partial charge in [-0.2, -0.15) is 0 Å². The van der Waals surface area contributed by atoms with Crippen LogP contribution in [-0.2, 0) is 19.4 Å². The van der Waals surface area contributed by atoms with E-state index in [2.05, 4.69) is 9.55 Å². The van der Waals surface area contributed by atoms with Crippen LogP contribution in [0, 0.1) is 0 Å². The van der Waals surface area contributed by atoms with Crippen LogP contribution in [0.5, 0.6) is 0 Å². The zero-order valence-corrected chi connectivity index (χ0v) is 10.7. The molecule has 0 atom stereocenters. The van der Waals surface area contributed by atoms with E-state index in [0.717, 1.165) is 18.4 Å². The van der Waals surface area contributed by atoms with Crippen LogP contribution < -0.4 is 0 Å². The smallest absolute Gasteiger partial charge is 0.335 e. The molecule has 0 amide bonds. The lowest BCUT2D eigenvalue weighted by atomic mass is 10.0. The Balaban J connectivity index is 1.87. The summed E-state index contributed by atoms with van der Waals surface area (Å²) in [6.07, 6.45) is 6.46. The number of carboxylic acids is 1. The van der Waals surface area contributed by atoms with Crippen LogP contribution in [-0.4, -0.2) is 20.6 Å². The molecule has 1 aliphatic carbocycles. The summed E-state index contributed by atoms with van der Waals surface area (Å²) in [6, 6.07) is 7.11. The summed E-state index contributed by atoms with van der Waals surface area (Å²) in [5.74, 6) is -0.880. The lowest BCUT2D eigenvalue weighted by Crippen LogP contribution is -2.09. The number of nitrogens with zero attached hydrogens (tertiary/aromatic N) is 2. The molecule has 4 nitrogen and oxygen atoms in total. The van der Waals surface area contributed by atoms with Gasteiger partial charge in [-0.1, -0.05) is 12.1 Å². The molecule has 0 aliphatic heterocycles. The van der Waals surface area contributed by atoms with E-state index in [0.29, 0.717) is 12.1 Å². The van der Waals surface area contributed by atoms with E-state index < -0.39 is 5.97 Å². The molecule has 0 unspecified atom stereocenters. The van der Waals surface area contributed by atoms with Crippen molar-refractivity contribution in [3.8, 4) is 0 Å². The van der Waals surface area contributed by atoms with Crippen LogP contribution in [0.4, 0.5) is 0 Å². The van der Waals surface area contributed by atoms with Crippen LogP contribution in [0.3, 0.4) is 0 Å². The van der Waals surface area contributed by atoms with Gasteiger partial charge in [0.2, 0.25) is 0 Å². The Bertz CT molecular complexity index is 616. The lowest BCUT2D eigenvalue weighted by Gasteiger charge is -2.14. The van der Waals surface area contributed by atoms with Gasteiger partial charge in [0, 0.05) is 12.2 Å². The Morgan fingerprint density at radius 3 is 3.00 bits per heavy atom. The maximum Gasteiger partial charge on any atom is 0.335 e. The first kappa shape index (κ1) is 12.0. The highest BCUT2D eigenvalue weighted by atomic mass is 16.4. The van der Waals surface area contributed by atoms with Gasteiger partial charge in [0.25, 0.3) is 0 Å². The average Bonchev–Trinajstić information content (AvgIpc) is 2.83. The third kappa shape index (κ3) is 2.38. The Morgan fingerprint density at radius 1 is 1.32 bits per heavy atom. The normalized spacial score (nSPS) is 14.1. The van der Waals surface area contributed by atoms with E-state index in [4.69, 9.17) is 5.11 Å². The Hall–Kier alpha value is -2.10. The van der Waals surface area contributed by atoms with E-state index in [1.165, 1.54) is 24.2 Å². The summed E-state index contributed by atoms with van der Waals surface area (Å²) in [5, 5.41) is 9.01. The number of aryl methyl sites for hydroxylation is 1. The zero-order chi connectivity index (χ0) is 13.2.